The first kappa shape index (κ1) is 12.6. The number of cyclic esters (lactones) is 1. The highest BCUT2D eigenvalue weighted by atomic mass is 16.5. The van der Waals surface area contributed by atoms with Crippen molar-refractivity contribution < 1.29 is 9.53 Å². The van der Waals surface area contributed by atoms with Crippen molar-refractivity contribution in [1.29, 1.82) is 0 Å². The molecule has 1 fully saturated rings. The molecule has 0 radical (unpaired) electrons. The minimum atomic E-state index is -0.167. The Hall–Kier alpha value is -2.42. The summed E-state index contributed by atoms with van der Waals surface area (Å²) in [5, 5.41) is 0. The summed E-state index contributed by atoms with van der Waals surface area (Å²) in [6.45, 7) is 0.377. The van der Waals surface area contributed by atoms with E-state index in [2.05, 4.69) is 0 Å². The maximum absolute atomic E-state index is 11.2. The lowest BCUT2D eigenvalue weighted by Crippen LogP contribution is -2.11. The number of hydrogen-bond donors (Lipinski definition) is 0. The Morgan fingerprint density at radius 3 is 1.95 bits per heavy atom. The van der Waals surface area contributed by atoms with Gasteiger partial charge in [0.05, 0.1) is 18.2 Å². The van der Waals surface area contributed by atoms with E-state index in [0.29, 0.717) is 13.0 Å². The largest absolute Gasteiger partial charge is 0.463 e. The number of hydrogen-bond acceptors (Lipinski definition) is 3. The zero-order valence-electron chi connectivity index (χ0n) is 11.0. The van der Waals surface area contributed by atoms with Gasteiger partial charge in [0.2, 0.25) is 0 Å². The Balaban J connectivity index is 2.00. The maximum Gasteiger partial charge on any atom is 0.308 e. The van der Waals surface area contributed by atoms with Crippen molar-refractivity contribution in [3.63, 3.8) is 0 Å². The van der Waals surface area contributed by atoms with E-state index in [4.69, 9.17) is 9.73 Å². The Kier molecular flexibility index (Phi) is 3.59. The lowest BCUT2D eigenvalue weighted by molar-refractivity contribution is -0.137. The van der Waals surface area contributed by atoms with Crippen LogP contribution in [-0.4, -0.2) is 24.3 Å². The van der Waals surface area contributed by atoms with Gasteiger partial charge in [-0.05, 0) is 0 Å². The highest BCUT2D eigenvalue weighted by molar-refractivity contribution is 6.13. The molecule has 0 saturated carbocycles. The van der Waals surface area contributed by atoms with Crippen molar-refractivity contribution in [3.8, 4) is 0 Å². The van der Waals surface area contributed by atoms with E-state index in [-0.39, 0.29) is 12.0 Å². The molecule has 0 amide bonds. The van der Waals surface area contributed by atoms with Gasteiger partial charge in [-0.15, -0.1) is 0 Å². The average Bonchev–Trinajstić information content (AvgIpc) is 2.92. The van der Waals surface area contributed by atoms with Gasteiger partial charge in [0.25, 0.3) is 0 Å². The first-order valence-electron chi connectivity index (χ1n) is 6.67. The molecule has 1 atom stereocenters. The second-order valence-corrected chi connectivity index (χ2v) is 4.75. The molecule has 0 bridgehead atoms. The first-order chi connectivity index (χ1) is 9.83. The van der Waals surface area contributed by atoms with E-state index >= 15 is 0 Å². The van der Waals surface area contributed by atoms with Crippen LogP contribution >= 0.6 is 0 Å². The molecule has 100 valence electrons. The van der Waals surface area contributed by atoms with Gasteiger partial charge in [-0.1, -0.05) is 60.7 Å². The Morgan fingerprint density at radius 2 is 1.50 bits per heavy atom. The normalized spacial score (nSPS) is 17.6. The number of aliphatic imine (C=N–C) groups is 1. The third-order valence-corrected chi connectivity index (χ3v) is 3.25. The maximum atomic E-state index is 11.2. The van der Waals surface area contributed by atoms with Crippen molar-refractivity contribution in [2.24, 2.45) is 4.99 Å². The van der Waals surface area contributed by atoms with Gasteiger partial charge >= 0.3 is 5.97 Å². The molecule has 0 spiro atoms. The van der Waals surface area contributed by atoms with Crippen LogP contribution in [0.5, 0.6) is 0 Å². The molecule has 0 N–H and O–H groups in total. The SMILES string of the molecule is O=C1C[C@H](N=C(c2ccccc2)c2ccccc2)CO1. The lowest BCUT2D eigenvalue weighted by atomic mass is 10.0. The molecule has 3 nitrogen and oxygen atoms in total. The van der Waals surface area contributed by atoms with Crippen LogP contribution in [0.25, 0.3) is 0 Å². The molecule has 0 aliphatic carbocycles. The zero-order chi connectivity index (χ0) is 13.8. The van der Waals surface area contributed by atoms with Gasteiger partial charge in [0.15, 0.2) is 0 Å². The van der Waals surface area contributed by atoms with Crippen LogP contribution in [0.4, 0.5) is 0 Å². The van der Waals surface area contributed by atoms with Gasteiger partial charge in [0, 0.05) is 11.1 Å². The van der Waals surface area contributed by atoms with Gasteiger partial charge in [0.1, 0.15) is 6.61 Å². The summed E-state index contributed by atoms with van der Waals surface area (Å²) in [6, 6.07) is 20.0. The van der Waals surface area contributed by atoms with Crippen molar-refractivity contribution in [2.45, 2.75) is 12.5 Å². The molecule has 1 heterocycles. The van der Waals surface area contributed by atoms with Crippen molar-refractivity contribution in [1.82, 2.24) is 0 Å². The van der Waals surface area contributed by atoms with E-state index in [1.807, 2.05) is 60.7 Å². The number of carbonyl (C=O) groups is 1. The van der Waals surface area contributed by atoms with Crippen molar-refractivity contribution in [3.05, 3.63) is 71.8 Å². The summed E-state index contributed by atoms with van der Waals surface area (Å²) in [5.41, 5.74) is 3.02. The predicted octanol–water partition coefficient (Wildman–Crippen LogP) is 2.84. The van der Waals surface area contributed by atoms with Crippen LogP contribution in [0.15, 0.2) is 65.7 Å². The number of ether oxygens (including phenoxy) is 1. The van der Waals surface area contributed by atoms with Crippen molar-refractivity contribution >= 4 is 11.7 Å². The van der Waals surface area contributed by atoms with E-state index in [9.17, 15) is 4.79 Å². The summed E-state index contributed by atoms with van der Waals surface area (Å²) in [4.78, 5) is 16.0. The van der Waals surface area contributed by atoms with Crippen LogP contribution in [-0.2, 0) is 9.53 Å². The standard InChI is InChI=1S/C17H15NO2/c19-16-11-15(12-20-16)18-17(13-7-3-1-4-8-13)14-9-5-2-6-10-14/h1-10,15H,11-12H2/t15-/m0/s1. The fourth-order valence-electron chi connectivity index (χ4n) is 2.27. The number of benzene rings is 2. The first-order valence-corrected chi connectivity index (χ1v) is 6.67. The molecule has 3 rings (SSSR count). The molecule has 2 aromatic carbocycles. The molecule has 0 aromatic heterocycles. The quantitative estimate of drug-likeness (QED) is 0.632. The number of rotatable bonds is 3. The molecular weight excluding hydrogens is 250 g/mol. The fourth-order valence-corrected chi connectivity index (χ4v) is 2.27. The van der Waals surface area contributed by atoms with E-state index < -0.39 is 0 Å². The molecule has 2 aromatic rings. The lowest BCUT2D eigenvalue weighted by Gasteiger charge is -2.09. The highest BCUT2D eigenvalue weighted by Crippen LogP contribution is 2.16. The molecule has 1 saturated heterocycles. The summed E-state index contributed by atoms with van der Waals surface area (Å²) in [7, 11) is 0. The Morgan fingerprint density at radius 1 is 0.950 bits per heavy atom. The molecule has 1 aliphatic heterocycles. The zero-order valence-corrected chi connectivity index (χ0v) is 11.0. The third-order valence-electron chi connectivity index (χ3n) is 3.25. The molecule has 3 heteroatoms. The van der Waals surface area contributed by atoms with E-state index in [0.717, 1.165) is 16.8 Å². The van der Waals surface area contributed by atoms with Crippen LogP contribution in [0.3, 0.4) is 0 Å². The third kappa shape index (κ3) is 2.77. The molecule has 20 heavy (non-hydrogen) atoms. The highest BCUT2D eigenvalue weighted by Gasteiger charge is 2.24. The summed E-state index contributed by atoms with van der Waals surface area (Å²) in [5.74, 6) is -0.167. The second-order valence-electron chi connectivity index (χ2n) is 4.75. The molecule has 0 unspecified atom stereocenters. The molecule has 1 aliphatic rings. The Labute approximate surface area is 117 Å². The minimum Gasteiger partial charge on any atom is -0.463 e. The fraction of sp³-hybridized carbons (Fsp3) is 0.176. The van der Waals surface area contributed by atoms with Gasteiger partial charge in [-0.3, -0.25) is 9.79 Å². The number of esters is 1. The summed E-state index contributed by atoms with van der Waals surface area (Å²) >= 11 is 0. The predicted molar refractivity (Wildman–Crippen MR) is 77.9 cm³/mol. The summed E-state index contributed by atoms with van der Waals surface area (Å²) < 4.78 is 4.99. The summed E-state index contributed by atoms with van der Waals surface area (Å²) in [6.07, 6.45) is 0.364. The monoisotopic (exact) mass is 265 g/mol. The van der Waals surface area contributed by atoms with Crippen LogP contribution in [0.1, 0.15) is 17.5 Å². The second kappa shape index (κ2) is 5.70. The smallest absolute Gasteiger partial charge is 0.308 e. The van der Waals surface area contributed by atoms with Gasteiger partial charge in [-0.25, -0.2) is 0 Å². The van der Waals surface area contributed by atoms with Crippen LogP contribution in [0.2, 0.25) is 0 Å². The van der Waals surface area contributed by atoms with Gasteiger partial charge < -0.3 is 4.74 Å². The van der Waals surface area contributed by atoms with Crippen LogP contribution in [0, 0.1) is 0 Å². The van der Waals surface area contributed by atoms with E-state index in [1.165, 1.54) is 0 Å². The topological polar surface area (TPSA) is 38.7 Å². The average molecular weight is 265 g/mol. The van der Waals surface area contributed by atoms with Crippen LogP contribution < -0.4 is 0 Å². The minimum absolute atomic E-state index is 0.0853. The number of nitrogens with zero attached hydrogens (tertiary/aromatic N) is 1. The van der Waals surface area contributed by atoms with Gasteiger partial charge in [-0.2, -0.15) is 0 Å². The Bertz CT molecular complexity index is 578. The van der Waals surface area contributed by atoms with Crippen molar-refractivity contribution in [2.75, 3.05) is 6.61 Å². The molecular formula is C17H15NO2. The van der Waals surface area contributed by atoms with E-state index in [1.54, 1.807) is 0 Å². The number of carbonyl (C=O) groups excluding carboxylic acids is 1.